The lowest BCUT2D eigenvalue weighted by molar-refractivity contribution is 0.234. The number of nitrogens with zero attached hydrogens (tertiary/aromatic N) is 2. The summed E-state index contributed by atoms with van der Waals surface area (Å²) < 4.78 is 22.6. The van der Waals surface area contributed by atoms with Gasteiger partial charge in [-0.15, -0.1) is 0 Å². The molecule has 1 aliphatic heterocycles. The highest BCUT2D eigenvalue weighted by molar-refractivity contribution is 7.89. The molecule has 7 heteroatoms. The third-order valence-corrected chi connectivity index (χ3v) is 4.61. The number of primary sulfonamides is 1. The number of anilines is 2. The number of sulfonamides is 1. The van der Waals surface area contributed by atoms with E-state index in [-0.39, 0.29) is 10.6 Å². The second-order valence-corrected chi connectivity index (χ2v) is 6.57. The van der Waals surface area contributed by atoms with Crippen LogP contribution in [-0.4, -0.2) is 46.0 Å². The lowest BCUT2D eigenvalue weighted by atomic mass is 10.1. The van der Waals surface area contributed by atoms with Crippen molar-refractivity contribution in [3.05, 3.63) is 18.2 Å². The summed E-state index contributed by atoms with van der Waals surface area (Å²) in [5.74, 6) is 0. The first kappa shape index (κ1) is 14.1. The standard InChI is InChI=1S/C12H20N4O2S/c1-9-8-16(6-5-15(9)2)10-3-4-12(11(13)7-10)19(14,17)18/h3-4,7,9H,5-6,8,13H2,1-2H3,(H2,14,17,18). The number of hydrogen-bond donors (Lipinski definition) is 2. The highest BCUT2D eigenvalue weighted by Gasteiger charge is 2.22. The Bertz CT molecular complexity index is 573. The van der Waals surface area contributed by atoms with Crippen LogP contribution in [0.15, 0.2) is 23.1 Å². The SMILES string of the molecule is CC1CN(c2ccc(S(N)(=O)=O)c(N)c2)CCN1C. The normalized spacial score (nSPS) is 21.6. The second-order valence-electron chi connectivity index (χ2n) is 5.04. The molecule has 0 bridgehead atoms. The van der Waals surface area contributed by atoms with Crippen LogP contribution in [0.1, 0.15) is 6.92 Å². The number of piperazine rings is 1. The van der Waals surface area contributed by atoms with Gasteiger partial charge in [0.1, 0.15) is 4.90 Å². The van der Waals surface area contributed by atoms with Gasteiger partial charge in [0.2, 0.25) is 10.0 Å². The molecule has 0 saturated carbocycles. The first-order valence-corrected chi connectivity index (χ1v) is 7.71. The van der Waals surface area contributed by atoms with Crippen LogP contribution in [0.2, 0.25) is 0 Å². The molecule has 1 atom stereocenters. The van der Waals surface area contributed by atoms with E-state index in [0.717, 1.165) is 25.3 Å². The number of nitrogens with two attached hydrogens (primary N) is 2. The fourth-order valence-corrected chi connectivity index (χ4v) is 2.92. The van der Waals surface area contributed by atoms with E-state index in [4.69, 9.17) is 10.9 Å². The number of rotatable bonds is 2. The maximum Gasteiger partial charge on any atom is 0.240 e. The maximum absolute atomic E-state index is 11.3. The van der Waals surface area contributed by atoms with Crippen LogP contribution in [0.3, 0.4) is 0 Å². The van der Waals surface area contributed by atoms with Crippen molar-refractivity contribution in [1.82, 2.24) is 4.90 Å². The van der Waals surface area contributed by atoms with Gasteiger partial charge in [-0.05, 0) is 32.2 Å². The highest BCUT2D eigenvalue weighted by Crippen LogP contribution is 2.25. The Morgan fingerprint density at radius 1 is 1.32 bits per heavy atom. The molecule has 6 nitrogen and oxygen atoms in total. The van der Waals surface area contributed by atoms with E-state index in [9.17, 15) is 8.42 Å². The summed E-state index contributed by atoms with van der Waals surface area (Å²) in [7, 11) is -1.65. The lowest BCUT2D eigenvalue weighted by Crippen LogP contribution is -2.50. The molecule has 106 valence electrons. The molecule has 1 aromatic rings. The molecule has 4 N–H and O–H groups in total. The van der Waals surface area contributed by atoms with Crippen molar-refractivity contribution in [3.63, 3.8) is 0 Å². The van der Waals surface area contributed by atoms with Gasteiger partial charge in [-0.2, -0.15) is 0 Å². The molecule has 1 unspecified atom stereocenters. The topological polar surface area (TPSA) is 92.7 Å². The predicted molar refractivity (Wildman–Crippen MR) is 76.5 cm³/mol. The molecule has 1 aromatic carbocycles. The van der Waals surface area contributed by atoms with Crippen LogP contribution in [0.4, 0.5) is 11.4 Å². The molecule has 1 fully saturated rings. The number of nitrogen functional groups attached to an aromatic ring is 1. The maximum atomic E-state index is 11.3. The van der Waals surface area contributed by atoms with Crippen LogP contribution in [-0.2, 0) is 10.0 Å². The predicted octanol–water partition coefficient (Wildman–Crippen LogP) is 0.0565. The Balaban J connectivity index is 2.26. The van der Waals surface area contributed by atoms with Crippen molar-refractivity contribution >= 4 is 21.4 Å². The molecule has 0 radical (unpaired) electrons. The molecule has 2 rings (SSSR count). The van der Waals surface area contributed by atoms with Gasteiger partial charge in [0.25, 0.3) is 0 Å². The number of hydrogen-bond acceptors (Lipinski definition) is 5. The highest BCUT2D eigenvalue weighted by atomic mass is 32.2. The van der Waals surface area contributed by atoms with E-state index in [0.29, 0.717) is 6.04 Å². The Kier molecular flexibility index (Phi) is 3.71. The molecule has 0 spiro atoms. The quantitative estimate of drug-likeness (QED) is 0.749. The third kappa shape index (κ3) is 2.99. The van der Waals surface area contributed by atoms with Crippen molar-refractivity contribution in [2.45, 2.75) is 17.9 Å². The summed E-state index contributed by atoms with van der Waals surface area (Å²) in [6.07, 6.45) is 0. The first-order chi connectivity index (χ1) is 8.79. The largest absolute Gasteiger partial charge is 0.398 e. The average Bonchev–Trinajstić information content (AvgIpc) is 2.31. The van der Waals surface area contributed by atoms with E-state index in [1.807, 2.05) is 0 Å². The van der Waals surface area contributed by atoms with E-state index >= 15 is 0 Å². The molecular formula is C12H20N4O2S. The van der Waals surface area contributed by atoms with Crippen molar-refractivity contribution in [3.8, 4) is 0 Å². The minimum Gasteiger partial charge on any atom is -0.398 e. The molecule has 1 heterocycles. The minimum absolute atomic E-state index is 0.0153. The molecule has 1 aliphatic rings. The van der Waals surface area contributed by atoms with Gasteiger partial charge < -0.3 is 15.5 Å². The van der Waals surface area contributed by atoms with Crippen LogP contribution in [0.5, 0.6) is 0 Å². The van der Waals surface area contributed by atoms with Gasteiger partial charge in [0, 0.05) is 31.4 Å². The molecular weight excluding hydrogens is 264 g/mol. The summed E-state index contributed by atoms with van der Waals surface area (Å²) in [5, 5.41) is 5.10. The van der Waals surface area contributed by atoms with Gasteiger partial charge in [0.05, 0.1) is 5.69 Å². The van der Waals surface area contributed by atoms with E-state index in [1.165, 1.54) is 6.07 Å². The van der Waals surface area contributed by atoms with Crippen molar-refractivity contribution in [1.29, 1.82) is 0 Å². The molecule has 1 saturated heterocycles. The number of benzene rings is 1. The monoisotopic (exact) mass is 284 g/mol. The molecule has 0 aliphatic carbocycles. The van der Waals surface area contributed by atoms with E-state index in [1.54, 1.807) is 12.1 Å². The smallest absolute Gasteiger partial charge is 0.240 e. The van der Waals surface area contributed by atoms with Crippen LogP contribution < -0.4 is 15.8 Å². The fraction of sp³-hybridized carbons (Fsp3) is 0.500. The fourth-order valence-electron chi connectivity index (χ4n) is 2.27. The van der Waals surface area contributed by atoms with Crippen LogP contribution in [0, 0.1) is 0 Å². The molecule has 19 heavy (non-hydrogen) atoms. The minimum atomic E-state index is -3.75. The van der Waals surface area contributed by atoms with Crippen LogP contribution in [0.25, 0.3) is 0 Å². The van der Waals surface area contributed by atoms with Crippen LogP contribution >= 0.6 is 0 Å². The molecule has 0 amide bonds. The Labute approximate surface area is 114 Å². The summed E-state index contributed by atoms with van der Waals surface area (Å²) >= 11 is 0. The Morgan fingerprint density at radius 3 is 2.53 bits per heavy atom. The average molecular weight is 284 g/mol. The zero-order valence-corrected chi connectivity index (χ0v) is 12.0. The van der Waals surface area contributed by atoms with Gasteiger partial charge in [-0.1, -0.05) is 0 Å². The summed E-state index contributed by atoms with van der Waals surface area (Å²) in [4.78, 5) is 4.48. The summed E-state index contributed by atoms with van der Waals surface area (Å²) in [5.41, 5.74) is 6.92. The Morgan fingerprint density at radius 2 is 2.00 bits per heavy atom. The van der Waals surface area contributed by atoms with Gasteiger partial charge in [0.15, 0.2) is 0 Å². The van der Waals surface area contributed by atoms with E-state index < -0.39 is 10.0 Å². The number of likely N-dealkylation sites (N-methyl/N-ethyl adjacent to an activating group) is 1. The van der Waals surface area contributed by atoms with E-state index in [2.05, 4.69) is 23.8 Å². The van der Waals surface area contributed by atoms with Gasteiger partial charge >= 0.3 is 0 Å². The lowest BCUT2D eigenvalue weighted by Gasteiger charge is -2.39. The van der Waals surface area contributed by atoms with Gasteiger partial charge in [-0.25, -0.2) is 13.6 Å². The van der Waals surface area contributed by atoms with Crippen molar-refractivity contribution < 1.29 is 8.42 Å². The van der Waals surface area contributed by atoms with Gasteiger partial charge in [-0.3, -0.25) is 0 Å². The van der Waals surface area contributed by atoms with Crippen molar-refractivity contribution in [2.75, 3.05) is 37.3 Å². The Hall–Kier alpha value is -1.31. The first-order valence-electron chi connectivity index (χ1n) is 6.16. The zero-order chi connectivity index (χ0) is 14.2. The van der Waals surface area contributed by atoms with Crippen molar-refractivity contribution in [2.24, 2.45) is 5.14 Å². The summed E-state index contributed by atoms with van der Waals surface area (Å²) in [6, 6.07) is 5.36. The second kappa shape index (κ2) is 4.99. The summed E-state index contributed by atoms with van der Waals surface area (Å²) in [6.45, 7) is 4.92. The third-order valence-electron chi connectivity index (χ3n) is 3.62. The molecule has 0 aromatic heterocycles. The zero-order valence-electron chi connectivity index (χ0n) is 11.2.